The Morgan fingerprint density at radius 2 is 1.04 bits per heavy atom. The van der Waals surface area contributed by atoms with Crippen molar-refractivity contribution in [3.63, 3.8) is 0 Å². The normalized spacial score (nSPS) is 15.7. The van der Waals surface area contributed by atoms with Gasteiger partial charge in [0, 0.05) is 16.8 Å². The lowest BCUT2D eigenvalue weighted by atomic mass is 9.97. The molecule has 9 rings (SSSR count). The Balaban J connectivity index is 1.32. The molecule has 8 aromatic carbocycles. The van der Waals surface area contributed by atoms with Crippen LogP contribution >= 0.6 is 0 Å². The SMILES string of the molecule is [2H]c1c([2H])c([2H])c(-c2c([2H])c([2H])c3c([2H])c([2H])c(-c4c([2H])c([2H])c(N(c5ccc(-c6ccccc6)cc5)c5cccc6oc7ccccc7c56)c([2H])c4[2H])c([2H])c3c2[2H])c([2H])c1[2H]. The molecule has 0 saturated carbocycles. The molecule has 0 unspecified atom stereocenters. The third-order valence-electron chi connectivity index (χ3n) is 8.06. The quantitative estimate of drug-likeness (QED) is 0.182. The van der Waals surface area contributed by atoms with Crippen molar-refractivity contribution >= 4 is 49.8 Å². The van der Waals surface area contributed by atoms with E-state index in [1.54, 1.807) is 35.2 Å². The maximum absolute atomic E-state index is 9.57. The Morgan fingerprint density at radius 3 is 1.79 bits per heavy atom. The predicted octanol–water partition coefficient (Wildman–Crippen LogP) is 13.2. The number of furan rings is 1. The Morgan fingerprint density at radius 1 is 0.417 bits per heavy atom. The second-order valence-electron chi connectivity index (χ2n) is 11.0. The number of hydrogen-bond donors (Lipinski definition) is 0. The van der Waals surface area contributed by atoms with Crippen LogP contribution in [-0.4, -0.2) is 0 Å². The van der Waals surface area contributed by atoms with Gasteiger partial charge < -0.3 is 9.32 Å². The summed E-state index contributed by atoms with van der Waals surface area (Å²) < 4.78 is 140. The van der Waals surface area contributed by atoms with Gasteiger partial charge in [-0.3, -0.25) is 0 Å². The Hall–Kier alpha value is -6.38. The Labute approximate surface area is 300 Å². The molecule has 0 radical (unpaired) electrons. The fraction of sp³-hybridized carbons (Fsp3) is 0. The first-order valence-electron chi connectivity index (χ1n) is 22.6. The van der Waals surface area contributed by atoms with Gasteiger partial charge in [-0.05, 0) is 98.7 Å². The van der Waals surface area contributed by atoms with Crippen molar-refractivity contribution in [2.75, 3.05) is 4.90 Å². The fourth-order valence-electron chi connectivity index (χ4n) is 5.81. The number of nitrogens with zero attached hydrogens (tertiary/aromatic N) is 1. The van der Waals surface area contributed by atoms with Crippen LogP contribution in [-0.2, 0) is 0 Å². The van der Waals surface area contributed by atoms with Crippen LogP contribution < -0.4 is 4.90 Å². The standard InChI is InChI=1S/C46H31NO/c1-3-10-32(11-4-1)34-22-26-40(27-23-34)47(43-15-9-17-45-46(43)42-14-7-8-16-44(42)48-45)41-28-24-35(25-29-41)38-21-19-36-18-20-37(30-39(36)31-38)33-12-5-2-6-13-33/h1-31H/i2D,5D,6D,12D,13D,18D,19D,20D,21D,24D,25D,28D,29D,30D,31D. The van der Waals surface area contributed by atoms with Gasteiger partial charge in [0.25, 0.3) is 0 Å². The molecule has 48 heavy (non-hydrogen) atoms. The zero-order chi connectivity index (χ0) is 44.9. The highest BCUT2D eigenvalue weighted by Crippen LogP contribution is 2.43. The van der Waals surface area contributed by atoms with Gasteiger partial charge >= 0.3 is 0 Å². The average molecular weight is 629 g/mol. The van der Waals surface area contributed by atoms with Crippen molar-refractivity contribution in [1.82, 2.24) is 0 Å². The van der Waals surface area contributed by atoms with E-state index in [4.69, 9.17) is 16.8 Å². The van der Waals surface area contributed by atoms with Gasteiger partial charge in [0.2, 0.25) is 0 Å². The van der Waals surface area contributed by atoms with E-state index in [1.165, 1.54) is 0 Å². The molecule has 2 nitrogen and oxygen atoms in total. The van der Waals surface area contributed by atoms with E-state index in [0.29, 0.717) is 27.9 Å². The van der Waals surface area contributed by atoms with Crippen LogP contribution in [0.25, 0.3) is 66.1 Å². The van der Waals surface area contributed by atoms with E-state index in [1.807, 2.05) is 66.7 Å². The number of benzene rings is 8. The van der Waals surface area contributed by atoms with E-state index >= 15 is 0 Å². The minimum Gasteiger partial charge on any atom is -0.456 e. The second kappa shape index (κ2) is 11.8. The van der Waals surface area contributed by atoms with Gasteiger partial charge in [0.05, 0.1) is 31.6 Å². The third-order valence-corrected chi connectivity index (χ3v) is 8.06. The summed E-state index contributed by atoms with van der Waals surface area (Å²) in [4.78, 5) is 1.60. The van der Waals surface area contributed by atoms with Crippen molar-refractivity contribution in [2.45, 2.75) is 0 Å². The molecule has 0 spiro atoms. The van der Waals surface area contributed by atoms with Gasteiger partial charge in [-0.15, -0.1) is 0 Å². The summed E-state index contributed by atoms with van der Waals surface area (Å²) in [6.07, 6.45) is 0. The smallest absolute Gasteiger partial charge is 0.137 e. The van der Waals surface area contributed by atoms with Crippen molar-refractivity contribution in [3.8, 4) is 33.4 Å². The molecule has 2 heteroatoms. The molecule has 0 amide bonds. The molecule has 0 bridgehead atoms. The first-order chi connectivity index (χ1) is 30.1. The van der Waals surface area contributed by atoms with Gasteiger partial charge in [-0.1, -0.05) is 133 Å². The van der Waals surface area contributed by atoms with Crippen LogP contribution in [0.5, 0.6) is 0 Å². The predicted molar refractivity (Wildman–Crippen MR) is 202 cm³/mol. The molecule has 9 aromatic rings. The molecule has 0 aliphatic rings. The van der Waals surface area contributed by atoms with Crippen molar-refractivity contribution in [1.29, 1.82) is 0 Å². The first kappa shape index (κ1) is 16.4. The monoisotopic (exact) mass is 628 g/mol. The first-order valence-corrected chi connectivity index (χ1v) is 15.1. The molecule has 0 atom stereocenters. The largest absolute Gasteiger partial charge is 0.456 e. The summed E-state index contributed by atoms with van der Waals surface area (Å²) >= 11 is 0. The summed E-state index contributed by atoms with van der Waals surface area (Å²) in [6, 6.07) is 18.9. The van der Waals surface area contributed by atoms with Gasteiger partial charge in [-0.25, -0.2) is 0 Å². The highest BCUT2D eigenvalue weighted by molar-refractivity contribution is 6.13. The van der Waals surface area contributed by atoms with E-state index in [9.17, 15) is 8.22 Å². The van der Waals surface area contributed by atoms with Crippen LogP contribution in [0.1, 0.15) is 20.6 Å². The summed E-state index contributed by atoms with van der Waals surface area (Å²) in [5, 5.41) is 0.386. The number of hydrogen-bond acceptors (Lipinski definition) is 2. The van der Waals surface area contributed by atoms with Crippen LogP contribution in [0.3, 0.4) is 0 Å². The van der Waals surface area contributed by atoms with Crippen LogP contribution in [0.15, 0.2) is 192 Å². The number of anilines is 3. The molecule has 0 saturated heterocycles. The highest BCUT2D eigenvalue weighted by atomic mass is 16.3. The van der Waals surface area contributed by atoms with Gasteiger partial charge in [-0.2, -0.15) is 0 Å². The lowest BCUT2D eigenvalue weighted by Gasteiger charge is -2.26. The molecule has 0 aliphatic heterocycles. The van der Waals surface area contributed by atoms with E-state index in [0.717, 1.165) is 16.5 Å². The van der Waals surface area contributed by atoms with E-state index in [2.05, 4.69) is 0 Å². The Kier molecular flexibility index (Phi) is 4.03. The lowest BCUT2D eigenvalue weighted by Crippen LogP contribution is -2.10. The summed E-state index contributed by atoms with van der Waals surface area (Å²) in [5.41, 5.74) is 1.43. The minimum absolute atomic E-state index is 0.180. The van der Waals surface area contributed by atoms with Gasteiger partial charge in [0.15, 0.2) is 0 Å². The highest BCUT2D eigenvalue weighted by Gasteiger charge is 2.19. The number of para-hydroxylation sites is 1. The molecule has 1 aromatic heterocycles. The molecule has 0 aliphatic carbocycles. The number of fused-ring (bicyclic) bond motifs is 4. The maximum atomic E-state index is 9.57. The summed E-state index contributed by atoms with van der Waals surface area (Å²) in [7, 11) is 0. The average Bonchev–Trinajstić information content (AvgIpc) is 3.68. The molecular formula is C46H31NO. The van der Waals surface area contributed by atoms with Crippen molar-refractivity contribution in [3.05, 3.63) is 188 Å². The molecule has 0 N–H and O–H groups in total. The van der Waals surface area contributed by atoms with Crippen molar-refractivity contribution in [2.24, 2.45) is 0 Å². The second-order valence-corrected chi connectivity index (χ2v) is 11.0. The van der Waals surface area contributed by atoms with Crippen LogP contribution in [0, 0.1) is 0 Å². The van der Waals surface area contributed by atoms with Crippen LogP contribution in [0.2, 0.25) is 0 Å². The maximum Gasteiger partial charge on any atom is 0.137 e. The molecule has 0 fully saturated rings. The van der Waals surface area contributed by atoms with E-state index in [-0.39, 0.29) is 5.69 Å². The lowest BCUT2D eigenvalue weighted by molar-refractivity contribution is 0.669. The fourth-order valence-corrected chi connectivity index (χ4v) is 5.81. The van der Waals surface area contributed by atoms with Crippen LogP contribution in [0.4, 0.5) is 17.1 Å². The summed E-state index contributed by atoms with van der Waals surface area (Å²) in [6.45, 7) is 0. The zero-order valence-corrected chi connectivity index (χ0v) is 25.1. The molecule has 1 heterocycles. The Bertz CT molecular complexity index is 3350. The third kappa shape index (κ3) is 5.01. The van der Waals surface area contributed by atoms with E-state index < -0.39 is 124 Å². The van der Waals surface area contributed by atoms with Gasteiger partial charge in [0.1, 0.15) is 11.2 Å². The summed E-state index contributed by atoms with van der Waals surface area (Å²) in [5.74, 6) is 0. The van der Waals surface area contributed by atoms with Crippen molar-refractivity contribution < 1.29 is 25.0 Å². The minimum atomic E-state index is -0.767. The topological polar surface area (TPSA) is 16.4 Å². The molecular weight excluding hydrogens is 583 g/mol. The zero-order valence-electron chi connectivity index (χ0n) is 40.1. The number of rotatable bonds is 6. The molecule has 226 valence electrons.